The van der Waals surface area contributed by atoms with Crippen LogP contribution < -0.4 is 14.8 Å². The molecule has 2 rings (SSSR count). The van der Waals surface area contributed by atoms with Crippen LogP contribution in [0, 0.1) is 0 Å². The van der Waals surface area contributed by atoms with E-state index in [1.54, 1.807) is 29.6 Å². The number of nitrogens with one attached hydrogen (secondary N) is 1. The third-order valence-corrected chi connectivity index (χ3v) is 3.28. The molecule has 2 aromatic rings. The van der Waals surface area contributed by atoms with Gasteiger partial charge in [-0.15, -0.1) is 0 Å². The van der Waals surface area contributed by atoms with Crippen molar-refractivity contribution in [3.05, 3.63) is 60.2 Å². The van der Waals surface area contributed by atoms with E-state index < -0.39 is 31.2 Å². The van der Waals surface area contributed by atoms with Crippen LogP contribution in [0.3, 0.4) is 0 Å². The highest BCUT2D eigenvalue weighted by Crippen LogP contribution is 2.19. The number of hydrogen-bond acceptors (Lipinski definition) is 5. The summed E-state index contributed by atoms with van der Waals surface area (Å²) < 4.78 is 51.8. The first-order chi connectivity index (χ1) is 13.3. The molecule has 0 radical (unpaired) electrons. The standard InChI is InChI=1S/C19H18F3NO5/c20-19(21,22)13-23-17(24)12-28-18(25)15-8-4-5-9-16(15)27-11-10-26-14-6-2-1-3-7-14/h1-9H,10-13H2,(H,23,24). The molecule has 150 valence electrons. The van der Waals surface area contributed by atoms with E-state index in [0.29, 0.717) is 5.75 Å². The van der Waals surface area contributed by atoms with Crippen molar-refractivity contribution < 1.29 is 37.0 Å². The normalized spacial score (nSPS) is 10.8. The van der Waals surface area contributed by atoms with Crippen LogP contribution in [0.5, 0.6) is 11.5 Å². The van der Waals surface area contributed by atoms with Crippen LogP contribution in [0.15, 0.2) is 54.6 Å². The van der Waals surface area contributed by atoms with E-state index in [2.05, 4.69) is 0 Å². The summed E-state index contributed by atoms with van der Waals surface area (Å²) in [5, 5.41) is 1.61. The number of benzene rings is 2. The monoisotopic (exact) mass is 397 g/mol. The first kappa shape index (κ1) is 21.1. The van der Waals surface area contributed by atoms with E-state index in [-0.39, 0.29) is 24.5 Å². The number of esters is 1. The third kappa shape index (κ3) is 7.56. The highest BCUT2D eigenvalue weighted by atomic mass is 19.4. The average Bonchev–Trinajstić information content (AvgIpc) is 2.68. The zero-order chi connectivity index (χ0) is 20.4. The lowest BCUT2D eigenvalue weighted by molar-refractivity contribution is -0.140. The molecule has 0 aliphatic rings. The van der Waals surface area contributed by atoms with Crippen molar-refractivity contribution in [2.75, 3.05) is 26.4 Å². The topological polar surface area (TPSA) is 73.9 Å². The SMILES string of the molecule is O=C(COC(=O)c1ccccc1OCCOc1ccccc1)NCC(F)(F)F. The van der Waals surface area contributed by atoms with Gasteiger partial charge in [0.15, 0.2) is 6.61 Å². The van der Waals surface area contributed by atoms with Crippen LogP contribution in [-0.4, -0.2) is 44.4 Å². The van der Waals surface area contributed by atoms with E-state index >= 15 is 0 Å². The Hall–Kier alpha value is -3.23. The van der Waals surface area contributed by atoms with Gasteiger partial charge in [0.1, 0.15) is 36.8 Å². The Kier molecular flexibility index (Phi) is 7.67. The number of hydrogen-bond donors (Lipinski definition) is 1. The first-order valence-electron chi connectivity index (χ1n) is 8.25. The molecule has 2 aromatic carbocycles. The van der Waals surface area contributed by atoms with Gasteiger partial charge < -0.3 is 19.5 Å². The zero-order valence-corrected chi connectivity index (χ0v) is 14.7. The molecule has 0 aliphatic heterocycles. The van der Waals surface area contributed by atoms with Crippen LogP contribution in [-0.2, 0) is 9.53 Å². The number of alkyl halides is 3. The van der Waals surface area contributed by atoms with Crippen LogP contribution in [0.2, 0.25) is 0 Å². The average molecular weight is 397 g/mol. The number of carbonyl (C=O) groups excluding carboxylic acids is 2. The van der Waals surface area contributed by atoms with Gasteiger partial charge in [0, 0.05) is 0 Å². The van der Waals surface area contributed by atoms with Gasteiger partial charge in [0.05, 0.1) is 0 Å². The number of amides is 1. The Bertz CT molecular complexity index is 781. The van der Waals surface area contributed by atoms with Crippen LogP contribution >= 0.6 is 0 Å². The van der Waals surface area contributed by atoms with Gasteiger partial charge in [0.2, 0.25) is 0 Å². The molecule has 0 atom stereocenters. The zero-order valence-electron chi connectivity index (χ0n) is 14.7. The number of halogens is 3. The lowest BCUT2D eigenvalue weighted by Gasteiger charge is -2.12. The third-order valence-electron chi connectivity index (χ3n) is 3.28. The van der Waals surface area contributed by atoms with Gasteiger partial charge >= 0.3 is 12.1 Å². The number of ether oxygens (including phenoxy) is 3. The molecule has 1 amide bonds. The first-order valence-corrected chi connectivity index (χ1v) is 8.25. The van der Waals surface area contributed by atoms with Gasteiger partial charge in [-0.3, -0.25) is 4.79 Å². The minimum atomic E-state index is -4.54. The maximum Gasteiger partial charge on any atom is 0.405 e. The molecule has 0 heterocycles. The molecule has 0 spiro atoms. The Morgan fingerprint density at radius 3 is 2.25 bits per heavy atom. The highest BCUT2D eigenvalue weighted by Gasteiger charge is 2.28. The van der Waals surface area contributed by atoms with Gasteiger partial charge in [-0.05, 0) is 24.3 Å². The molecule has 0 unspecified atom stereocenters. The smallest absolute Gasteiger partial charge is 0.405 e. The minimum absolute atomic E-state index is 0.0471. The van der Waals surface area contributed by atoms with Crippen LogP contribution in [0.4, 0.5) is 13.2 Å². The Balaban J connectivity index is 1.81. The molecule has 0 bridgehead atoms. The number of para-hydroxylation sites is 2. The fourth-order valence-electron chi connectivity index (χ4n) is 2.05. The predicted molar refractivity (Wildman–Crippen MR) is 93.2 cm³/mol. The van der Waals surface area contributed by atoms with Crippen molar-refractivity contribution in [2.45, 2.75) is 6.18 Å². The predicted octanol–water partition coefficient (Wildman–Crippen LogP) is 2.98. The number of rotatable bonds is 9. The van der Waals surface area contributed by atoms with Crippen molar-refractivity contribution in [2.24, 2.45) is 0 Å². The second-order valence-electron chi connectivity index (χ2n) is 5.47. The summed E-state index contributed by atoms with van der Waals surface area (Å²) in [6.45, 7) is -1.95. The van der Waals surface area contributed by atoms with Crippen LogP contribution in [0.1, 0.15) is 10.4 Å². The molecule has 6 nitrogen and oxygen atoms in total. The largest absolute Gasteiger partial charge is 0.490 e. The Morgan fingerprint density at radius 2 is 1.54 bits per heavy atom. The quantitative estimate of drug-likeness (QED) is 0.520. The molecule has 0 fully saturated rings. The summed E-state index contributed by atoms with van der Waals surface area (Å²) in [7, 11) is 0. The van der Waals surface area contributed by atoms with E-state index in [1.807, 2.05) is 18.2 Å². The summed E-state index contributed by atoms with van der Waals surface area (Å²) in [5.41, 5.74) is 0.0471. The van der Waals surface area contributed by atoms with Crippen LogP contribution in [0.25, 0.3) is 0 Å². The molecule has 0 aliphatic carbocycles. The van der Waals surface area contributed by atoms with Gasteiger partial charge in [0.25, 0.3) is 5.91 Å². The molecule has 0 saturated heterocycles. The van der Waals surface area contributed by atoms with Crippen molar-refractivity contribution in [1.29, 1.82) is 0 Å². The molecule has 0 saturated carbocycles. The summed E-state index contributed by atoms with van der Waals surface area (Å²) in [4.78, 5) is 23.4. The fraction of sp³-hybridized carbons (Fsp3) is 0.263. The molecule has 28 heavy (non-hydrogen) atoms. The summed E-state index contributed by atoms with van der Waals surface area (Å²) in [6.07, 6.45) is -4.54. The summed E-state index contributed by atoms with van der Waals surface area (Å²) >= 11 is 0. The van der Waals surface area contributed by atoms with E-state index in [0.717, 1.165) is 0 Å². The summed E-state index contributed by atoms with van der Waals surface area (Å²) in [5.74, 6) is -1.06. The van der Waals surface area contributed by atoms with E-state index in [4.69, 9.17) is 14.2 Å². The molecule has 9 heteroatoms. The fourth-order valence-corrected chi connectivity index (χ4v) is 2.05. The second kappa shape index (κ2) is 10.2. The van der Waals surface area contributed by atoms with Crippen molar-refractivity contribution in [1.82, 2.24) is 5.32 Å². The van der Waals surface area contributed by atoms with Crippen molar-refractivity contribution in [3.8, 4) is 11.5 Å². The van der Waals surface area contributed by atoms with Crippen molar-refractivity contribution in [3.63, 3.8) is 0 Å². The molecule has 1 N–H and O–H groups in total. The second-order valence-corrected chi connectivity index (χ2v) is 5.47. The highest BCUT2D eigenvalue weighted by molar-refractivity contribution is 5.93. The molecule has 0 aromatic heterocycles. The Labute approximate surface area is 159 Å². The minimum Gasteiger partial charge on any atom is -0.490 e. The van der Waals surface area contributed by atoms with Gasteiger partial charge in [-0.1, -0.05) is 30.3 Å². The number of carbonyl (C=O) groups is 2. The lowest BCUT2D eigenvalue weighted by Crippen LogP contribution is -2.36. The Morgan fingerprint density at radius 1 is 0.893 bits per heavy atom. The van der Waals surface area contributed by atoms with Gasteiger partial charge in [-0.25, -0.2) is 4.79 Å². The summed E-state index contributed by atoms with van der Waals surface area (Å²) in [6, 6.07) is 15.2. The van der Waals surface area contributed by atoms with Crippen molar-refractivity contribution >= 4 is 11.9 Å². The molecular formula is C19H18F3NO5. The maximum absolute atomic E-state index is 12.1. The van der Waals surface area contributed by atoms with E-state index in [1.165, 1.54) is 12.1 Å². The van der Waals surface area contributed by atoms with E-state index in [9.17, 15) is 22.8 Å². The van der Waals surface area contributed by atoms with Gasteiger partial charge in [-0.2, -0.15) is 13.2 Å². The molecular weight excluding hydrogens is 379 g/mol. The lowest BCUT2D eigenvalue weighted by atomic mass is 10.2. The maximum atomic E-state index is 12.1.